The maximum absolute atomic E-state index is 13.1. The summed E-state index contributed by atoms with van der Waals surface area (Å²) in [6.07, 6.45) is 2.34. The van der Waals surface area contributed by atoms with Crippen LogP contribution >= 0.6 is 11.8 Å². The molecule has 2 heterocycles. The smallest absolute Gasteiger partial charge is 0.235 e. The van der Waals surface area contributed by atoms with Gasteiger partial charge in [0.2, 0.25) is 5.91 Å². The average Bonchev–Trinajstić information content (AvgIpc) is 3.36. The maximum atomic E-state index is 13.1. The van der Waals surface area contributed by atoms with Crippen molar-refractivity contribution in [1.29, 1.82) is 0 Å². The first-order valence-electron chi connectivity index (χ1n) is 10.6. The lowest BCUT2D eigenvalue weighted by Crippen LogP contribution is -2.41. The van der Waals surface area contributed by atoms with Crippen LogP contribution < -0.4 is 0 Å². The van der Waals surface area contributed by atoms with E-state index in [0.717, 1.165) is 22.1 Å². The molecule has 8 heteroatoms. The maximum Gasteiger partial charge on any atom is 0.235 e. The Hall–Kier alpha value is -2.58. The second-order valence-electron chi connectivity index (χ2n) is 8.23. The Morgan fingerprint density at radius 2 is 1.84 bits per heavy atom. The number of hydrogen-bond acceptors (Lipinski definition) is 5. The fraction of sp³-hybridized carbons (Fsp3) is 0.333. The van der Waals surface area contributed by atoms with Gasteiger partial charge in [-0.1, -0.05) is 59.8 Å². The van der Waals surface area contributed by atoms with Crippen molar-refractivity contribution in [2.24, 2.45) is 0 Å². The zero-order valence-corrected chi connectivity index (χ0v) is 20.1. The highest BCUT2D eigenvalue weighted by molar-refractivity contribution is 8.00. The number of benzene rings is 2. The molecule has 1 saturated heterocycles. The van der Waals surface area contributed by atoms with E-state index in [0.29, 0.717) is 6.42 Å². The minimum absolute atomic E-state index is 0.0445. The summed E-state index contributed by atoms with van der Waals surface area (Å²) < 4.78 is 25.7. The van der Waals surface area contributed by atoms with E-state index < -0.39 is 15.1 Å². The van der Waals surface area contributed by atoms with Crippen molar-refractivity contribution < 1.29 is 13.2 Å². The molecule has 0 radical (unpaired) electrons. The van der Waals surface area contributed by atoms with Gasteiger partial charge < -0.3 is 4.90 Å². The summed E-state index contributed by atoms with van der Waals surface area (Å²) >= 11 is 1.39. The summed E-state index contributed by atoms with van der Waals surface area (Å²) in [6.45, 7) is 3.90. The Kier molecular flexibility index (Phi) is 6.44. The summed E-state index contributed by atoms with van der Waals surface area (Å²) in [5.74, 6) is 0.106. The van der Waals surface area contributed by atoms with Crippen molar-refractivity contribution in [3.8, 4) is 16.9 Å². The van der Waals surface area contributed by atoms with Gasteiger partial charge in [0, 0.05) is 24.3 Å². The van der Waals surface area contributed by atoms with E-state index in [2.05, 4.69) is 40.7 Å². The molecule has 1 aromatic heterocycles. The van der Waals surface area contributed by atoms with Crippen LogP contribution in [0.5, 0.6) is 0 Å². The van der Waals surface area contributed by atoms with Crippen molar-refractivity contribution in [3.63, 3.8) is 0 Å². The number of para-hydroxylation sites is 1. The van der Waals surface area contributed by atoms with Crippen LogP contribution in [-0.2, 0) is 14.6 Å². The minimum Gasteiger partial charge on any atom is -0.341 e. The van der Waals surface area contributed by atoms with E-state index in [-0.39, 0.29) is 23.5 Å². The van der Waals surface area contributed by atoms with Crippen LogP contribution in [-0.4, -0.2) is 58.6 Å². The third-order valence-electron chi connectivity index (χ3n) is 5.82. The fourth-order valence-corrected chi connectivity index (χ4v) is 6.71. The van der Waals surface area contributed by atoms with Gasteiger partial charge >= 0.3 is 0 Å². The zero-order valence-electron chi connectivity index (χ0n) is 18.4. The number of thioether (sulfide) groups is 1. The van der Waals surface area contributed by atoms with Gasteiger partial charge in [-0.15, -0.1) is 0 Å². The first-order chi connectivity index (χ1) is 15.2. The number of nitrogens with zero attached hydrogens (tertiary/aromatic N) is 3. The van der Waals surface area contributed by atoms with Crippen molar-refractivity contribution in [3.05, 3.63) is 66.4 Å². The van der Waals surface area contributed by atoms with Crippen molar-refractivity contribution in [2.45, 2.75) is 36.7 Å². The van der Waals surface area contributed by atoms with Crippen LogP contribution in [0.3, 0.4) is 0 Å². The second kappa shape index (κ2) is 9.11. The van der Waals surface area contributed by atoms with E-state index in [1.807, 2.05) is 43.5 Å². The van der Waals surface area contributed by atoms with Gasteiger partial charge in [-0.3, -0.25) is 9.36 Å². The van der Waals surface area contributed by atoms with Gasteiger partial charge in [0.25, 0.3) is 0 Å². The molecule has 0 saturated carbocycles. The van der Waals surface area contributed by atoms with Crippen molar-refractivity contribution in [2.75, 3.05) is 18.6 Å². The van der Waals surface area contributed by atoms with Gasteiger partial charge in [-0.05, 0) is 32.4 Å². The zero-order chi connectivity index (χ0) is 22.9. The van der Waals surface area contributed by atoms with Crippen LogP contribution in [0.2, 0.25) is 0 Å². The summed E-state index contributed by atoms with van der Waals surface area (Å²) in [7, 11) is -1.35. The molecular formula is C24H27N3O3S2. The average molecular weight is 470 g/mol. The summed E-state index contributed by atoms with van der Waals surface area (Å²) in [5, 5.41) is 0.319. The molecule has 1 amide bonds. The first-order valence-corrected chi connectivity index (χ1v) is 13.3. The molecule has 0 unspecified atom stereocenters. The van der Waals surface area contributed by atoms with Crippen LogP contribution in [0, 0.1) is 6.92 Å². The van der Waals surface area contributed by atoms with Gasteiger partial charge in [-0.2, -0.15) is 0 Å². The molecule has 168 valence electrons. The largest absolute Gasteiger partial charge is 0.341 e. The molecule has 1 aliphatic rings. The lowest BCUT2D eigenvalue weighted by Gasteiger charge is -2.26. The standard InChI is InChI=1S/C24H27N3O3S2/c1-17-9-11-19(12-10-17)22-15-25-24(27(22)20-7-5-4-6-8-20)31-18(2)23(28)26(3)21-13-14-32(29,30)16-21/h4-12,15,18,21H,13-14,16H2,1-3H3/t18-,21+/m0/s1. The number of rotatable bonds is 6. The molecule has 6 nitrogen and oxygen atoms in total. The minimum atomic E-state index is -3.05. The van der Waals surface area contributed by atoms with Gasteiger partial charge in [0.1, 0.15) is 0 Å². The quantitative estimate of drug-likeness (QED) is 0.511. The topological polar surface area (TPSA) is 72.3 Å². The Labute approximate surface area is 193 Å². The third kappa shape index (κ3) is 4.76. The summed E-state index contributed by atoms with van der Waals surface area (Å²) in [4.78, 5) is 19.3. The van der Waals surface area contributed by atoms with E-state index in [9.17, 15) is 13.2 Å². The number of carbonyl (C=O) groups is 1. The second-order valence-corrected chi connectivity index (χ2v) is 11.8. The molecule has 1 aliphatic heterocycles. The lowest BCUT2D eigenvalue weighted by atomic mass is 10.1. The summed E-state index contributed by atoms with van der Waals surface area (Å²) in [5.41, 5.74) is 4.16. The van der Waals surface area contributed by atoms with Crippen LogP contribution in [0.4, 0.5) is 0 Å². The number of aryl methyl sites for hydroxylation is 1. The molecule has 3 aromatic rings. The predicted octanol–water partition coefficient (Wildman–Crippen LogP) is 3.97. The van der Waals surface area contributed by atoms with E-state index in [1.165, 1.54) is 17.3 Å². The van der Waals surface area contributed by atoms with Crippen molar-refractivity contribution in [1.82, 2.24) is 14.5 Å². The monoisotopic (exact) mass is 469 g/mol. The van der Waals surface area contributed by atoms with E-state index in [1.54, 1.807) is 11.9 Å². The first kappa shape index (κ1) is 22.6. The number of hydrogen-bond donors (Lipinski definition) is 0. The highest BCUT2D eigenvalue weighted by Crippen LogP contribution is 2.32. The number of amides is 1. The molecule has 0 spiro atoms. The number of aromatic nitrogens is 2. The Morgan fingerprint density at radius 1 is 1.16 bits per heavy atom. The molecule has 32 heavy (non-hydrogen) atoms. The Balaban J connectivity index is 1.62. The molecule has 0 N–H and O–H groups in total. The van der Waals surface area contributed by atoms with Crippen LogP contribution in [0.15, 0.2) is 66.0 Å². The van der Waals surface area contributed by atoms with E-state index in [4.69, 9.17) is 0 Å². The highest BCUT2D eigenvalue weighted by atomic mass is 32.2. The highest BCUT2D eigenvalue weighted by Gasteiger charge is 2.34. The van der Waals surface area contributed by atoms with Crippen LogP contribution in [0.1, 0.15) is 18.9 Å². The summed E-state index contributed by atoms with van der Waals surface area (Å²) in [6, 6.07) is 18.0. The molecule has 2 aromatic carbocycles. The lowest BCUT2D eigenvalue weighted by molar-refractivity contribution is -0.130. The van der Waals surface area contributed by atoms with Gasteiger partial charge in [0.05, 0.1) is 28.6 Å². The van der Waals surface area contributed by atoms with Crippen molar-refractivity contribution >= 4 is 27.5 Å². The SMILES string of the molecule is Cc1ccc(-c2cnc(S[C@@H](C)C(=O)N(C)[C@@H]3CCS(=O)(=O)C3)n2-c2ccccc2)cc1. The normalized spacial score (nSPS) is 18.4. The Morgan fingerprint density at radius 3 is 2.47 bits per heavy atom. The molecule has 4 rings (SSSR count). The molecule has 1 fully saturated rings. The molecule has 0 bridgehead atoms. The predicted molar refractivity (Wildman–Crippen MR) is 129 cm³/mol. The number of imidazole rings is 1. The fourth-order valence-electron chi connectivity index (χ4n) is 3.93. The van der Waals surface area contributed by atoms with Crippen LogP contribution in [0.25, 0.3) is 16.9 Å². The van der Waals surface area contributed by atoms with Gasteiger partial charge in [0.15, 0.2) is 15.0 Å². The van der Waals surface area contributed by atoms with Gasteiger partial charge in [-0.25, -0.2) is 13.4 Å². The van der Waals surface area contributed by atoms with E-state index >= 15 is 0 Å². The number of sulfone groups is 1. The molecule has 2 atom stereocenters. The number of carbonyl (C=O) groups excluding carboxylic acids is 1. The molecular weight excluding hydrogens is 442 g/mol. The third-order valence-corrected chi connectivity index (χ3v) is 8.63. The Bertz CT molecular complexity index is 1210. The molecule has 0 aliphatic carbocycles.